The zero-order valence-electron chi connectivity index (χ0n) is 16.2. The number of primary amides is 1. The van der Waals surface area contributed by atoms with Crippen LogP contribution in [0.1, 0.15) is 67.2 Å². The summed E-state index contributed by atoms with van der Waals surface area (Å²) in [5.41, 5.74) is 4.14. The third-order valence-electron chi connectivity index (χ3n) is 2.87. The van der Waals surface area contributed by atoms with Gasteiger partial charge in [-0.1, -0.05) is 12.8 Å². The normalized spacial score (nSPS) is 12.9. The van der Waals surface area contributed by atoms with Crippen LogP contribution in [0, 0.1) is 0 Å². The molecule has 0 aliphatic rings. The van der Waals surface area contributed by atoms with E-state index in [-0.39, 0.29) is 0 Å². The summed E-state index contributed by atoms with van der Waals surface area (Å²) in [6, 6.07) is -0.770. The fourth-order valence-electron chi connectivity index (χ4n) is 1.89. The fraction of sp³-hybridized carbons (Fsp3) is 0.824. The highest BCUT2D eigenvalue weighted by atomic mass is 16.6. The largest absolute Gasteiger partial charge is 0.444 e. The first-order valence-corrected chi connectivity index (χ1v) is 8.56. The second-order valence-corrected chi connectivity index (χ2v) is 7.88. The molecule has 0 aliphatic carbocycles. The van der Waals surface area contributed by atoms with Crippen molar-refractivity contribution in [1.82, 2.24) is 10.6 Å². The number of carbonyl (C=O) groups excluding carboxylic acids is 3. The second kappa shape index (κ2) is 10.1. The van der Waals surface area contributed by atoms with Gasteiger partial charge in [-0.05, 0) is 54.4 Å². The molecular formula is C17H33N3O5. The number of nitrogens with one attached hydrogen (secondary N) is 2. The molecule has 0 aliphatic heterocycles. The maximum atomic E-state index is 11.7. The molecule has 0 bridgehead atoms. The third kappa shape index (κ3) is 14.1. The van der Waals surface area contributed by atoms with Gasteiger partial charge >= 0.3 is 12.2 Å². The molecule has 0 aromatic rings. The zero-order valence-corrected chi connectivity index (χ0v) is 16.2. The van der Waals surface area contributed by atoms with Crippen LogP contribution in [0.25, 0.3) is 0 Å². The Kier molecular flexibility index (Phi) is 9.30. The Morgan fingerprint density at radius 2 is 1.40 bits per heavy atom. The molecule has 0 radical (unpaired) electrons. The van der Waals surface area contributed by atoms with Crippen LogP contribution in [0.15, 0.2) is 0 Å². The average Bonchev–Trinajstić information content (AvgIpc) is 2.36. The van der Waals surface area contributed by atoms with Crippen LogP contribution >= 0.6 is 0 Å². The molecule has 146 valence electrons. The van der Waals surface area contributed by atoms with Crippen LogP contribution in [0.5, 0.6) is 0 Å². The van der Waals surface area contributed by atoms with Crippen molar-refractivity contribution in [3.63, 3.8) is 0 Å². The van der Waals surface area contributed by atoms with Gasteiger partial charge in [0.2, 0.25) is 5.91 Å². The molecule has 8 nitrogen and oxygen atoms in total. The van der Waals surface area contributed by atoms with Crippen LogP contribution in [-0.2, 0) is 14.3 Å². The fourth-order valence-corrected chi connectivity index (χ4v) is 1.89. The lowest BCUT2D eigenvalue weighted by Gasteiger charge is -2.22. The van der Waals surface area contributed by atoms with E-state index in [1.807, 2.05) is 0 Å². The number of ether oxygens (including phenoxy) is 2. The molecule has 0 aromatic heterocycles. The van der Waals surface area contributed by atoms with Gasteiger partial charge < -0.3 is 25.8 Å². The summed E-state index contributed by atoms with van der Waals surface area (Å²) in [6.07, 6.45) is 1.49. The standard InChI is InChI=1S/C17H33N3O5/c1-16(2,3)24-14(22)19-11-9-7-8-10-12(13(18)21)20-15(23)25-17(4,5)6/h12H,7-11H2,1-6H3,(H2,18,21)(H,19,22)(H,20,23)/t12-/m0/s1. The molecule has 1 atom stereocenters. The smallest absolute Gasteiger partial charge is 0.408 e. The maximum Gasteiger partial charge on any atom is 0.408 e. The lowest BCUT2D eigenvalue weighted by atomic mass is 10.1. The Morgan fingerprint density at radius 3 is 1.88 bits per heavy atom. The molecular weight excluding hydrogens is 326 g/mol. The van der Waals surface area contributed by atoms with Crippen LogP contribution in [0.4, 0.5) is 9.59 Å². The molecule has 8 heteroatoms. The third-order valence-corrected chi connectivity index (χ3v) is 2.87. The number of carbonyl (C=O) groups is 3. The number of unbranched alkanes of at least 4 members (excludes halogenated alkanes) is 2. The van der Waals surface area contributed by atoms with E-state index in [0.717, 1.165) is 12.8 Å². The van der Waals surface area contributed by atoms with Gasteiger partial charge in [0.1, 0.15) is 17.2 Å². The van der Waals surface area contributed by atoms with Gasteiger partial charge in [0, 0.05) is 6.54 Å². The first kappa shape index (κ1) is 23.0. The molecule has 0 heterocycles. The lowest BCUT2D eigenvalue weighted by Crippen LogP contribution is -2.46. The van der Waals surface area contributed by atoms with E-state index in [4.69, 9.17) is 15.2 Å². The van der Waals surface area contributed by atoms with E-state index in [9.17, 15) is 14.4 Å². The molecule has 4 N–H and O–H groups in total. The van der Waals surface area contributed by atoms with Crippen molar-refractivity contribution in [2.75, 3.05) is 6.54 Å². The Morgan fingerprint density at radius 1 is 0.880 bits per heavy atom. The number of alkyl carbamates (subject to hydrolysis) is 2. The minimum atomic E-state index is -0.770. The topological polar surface area (TPSA) is 120 Å². The van der Waals surface area contributed by atoms with Crippen LogP contribution in [-0.4, -0.2) is 41.9 Å². The summed E-state index contributed by atoms with van der Waals surface area (Å²) in [4.78, 5) is 34.6. The van der Waals surface area contributed by atoms with Crippen molar-refractivity contribution in [3.8, 4) is 0 Å². The van der Waals surface area contributed by atoms with Gasteiger partial charge in [0.05, 0.1) is 0 Å². The van der Waals surface area contributed by atoms with Gasteiger partial charge in [-0.3, -0.25) is 4.79 Å². The Balaban J connectivity index is 4.00. The zero-order chi connectivity index (χ0) is 19.7. The first-order chi connectivity index (χ1) is 11.3. The first-order valence-electron chi connectivity index (χ1n) is 8.56. The summed E-state index contributed by atoms with van der Waals surface area (Å²) in [5.74, 6) is -0.599. The van der Waals surface area contributed by atoms with Gasteiger partial charge in [0.25, 0.3) is 0 Å². The second-order valence-electron chi connectivity index (χ2n) is 7.88. The minimum absolute atomic E-state index is 0.418. The summed E-state index contributed by atoms with van der Waals surface area (Å²) in [6.45, 7) is 11.1. The maximum absolute atomic E-state index is 11.7. The monoisotopic (exact) mass is 359 g/mol. The highest BCUT2D eigenvalue weighted by molar-refractivity contribution is 5.84. The van der Waals surface area contributed by atoms with Gasteiger partial charge in [-0.25, -0.2) is 9.59 Å². The summed E-state index contributed by atoms with van der Waals surface area (Å²) >= 11 is 0. The van der Waals surface area contributed by atoms with Crippen LogP contribution in [0.3, 0.4) is 0 Å². The SMILES string of the molecule is CC(C)(C)OC(=O)NCCCCC[C@H](NC(=O)OC(C)(C)C)C(N)=O. The van der Waals surface area contributed by atoms with Crippen molar-refractivity contribution in [2.45, 2.75) is 84.5 Å². The number of hydrogen-bond donors (Lipinski definition) is 3. The predicted molar refractivity (Wildman–Crippen MR) is 95.1 cm³/mol. The Hall–Kier alpha value is -1.99. The number of amides is 3. The predicted octanol–water partition coefficient (Wildman–Crippen LogP) is 2.45. The lowest BCUT2D eigenvalue weighted by molar-refractivity contribution is -0.120. The number of nitrogens with two attached hydrogens (primary N) is 1. The van der Waals surface area contributed by atoms with Gasteiger partial charge in [-0.2, -0.15) is 0 Å². The van der Waals surface area contributed by atoms with Crippen molar-refractivity contribution in [3.05, 3.63) is 0 Å². The van der Waals surface area contributed by atoms with E-state index >= 15 is 0 Å². The van der Waals surface area contributed by atoms with Crippen LogP contribution in [0.2, 0.25) is 0 Å². The van der Waals surface area contributed by atoms with E-state index in [1.54, 1.807) is 41.5 Å². The van der Waals surface area contributed by atoms with E-state index in [2.05, 4.69) is 10.6 Å². The summed E-state index contributed by atoms with van der Waals surface area (Å²) in [5, 5.41) is 5.15. The van der Waals surface area contributed by atoms with Gasteiger partial charge in [0.15, 0.2) is 0 Å². The highest BCUT2D eigenvalue weighted by Crippen LogP contribution is 2.09. The van der Waals surface area contributed by atoms with Gasteiger partial charge in [-0.15, -0.1) is 0 Å². The molecule has 0 saturated heterocycles. The average molecular weight is 359 g/mol. The molecule has 0 saturated carbocycles. The van der Waals surface area contributed by atoms with Crippen molar-refractivity contribution in [2.24, 2.45) is 5.73 Å². The van der Waals surface area contributed by atoms with Crippen molar-refractivity contribution in [1.29, 1.82) is 0 Å². The van der Waals surface area contributed by atoms with Crippen LogP contribution < -0.4 is 16.4 Å². The molecule has 0 aromatic carbocycles. The Bertz CT molecular complexity index is 452. The molecule has 0 rings (SSSR count). The molecule has 0 unspecified atom stereocenters. The number of hydrogen-bond acceptors (Lipinski definition) is 5. The molecule has 0 spiro atoms. The molecule has 25 heavy (non-hydrogen) atoms. The highest BCUT2D eigenvalue weighted by Gasteiger charge is 2.22. The minimum Gasteiger partial charge on any atom is -0.444 e. The van der Waals surface area contributed by atoms with Crippen molar-refractivity contribution < 1.29 is 23.9 Å². The van der Waals surface area contributed by atoms with E-state index < -0.39 is 35.3 Å². The van der Waals surface area contributed by atoms with E-state index in [0.29, 0.717) is 19.4 Å². The number of rotatable bonds is 8. The molecule has 3 amide bonds. The Labute approximate surface area is 150 Å². The van der Waals surface area contributed by atoms with E-state index in [1.165, 1.54) is 0 Å². The quantitative estimate of drug-likeness (QED) is 0.575. The molecule has 0 fully saturated rings. The van der Waals surface area contributed by atoms with Crippen molar-refractivity contribution >= 4 is 18.1 Å². The summed E-state index contributed by atoms with van der Waals surface area (Å²) < 4.78 is 10.2. The summed E-state index contributed by atoms with van der Waals surface area (Å²) in [7, 11) is 0.